The Morgan fingerprint density at radius 2 is 2.36 bits per heavy atom. The largest absolute Gasteiger partial charge is 0.330 e. The SMILES string of the molecule is CC1CCCC/C1=C\CCN. The lowest BCUT2D eigenvalue weighted by molar-refractivity contribution is 0.481. The van der Waals surface area contributed by atoms with Crippen LogP contribution in [-0.2, 0) is 0 Å². The molecule has 1 aliphatic rings. The van der Waals surface area contributed by atoms with Crippen LogP contribution in [0.2, 0.25) is 0 Å². The van der Waals surface area contributed by atoms with Crippen molar-refractivity contribution in [3.05, 3.63) is 11.6 Å². The fourth-order valence-electron chi connectivity index (χ4n) is 1.78. The van der Waals surface area contributed by atoms with Gasteiger partial charge in [0.05, 0.1) is 0 Å². The van der Waals surface area contributed by atoms with E-state index in [1.807, 2.05) is 0 Å². The van der Waals surface area contributed by atoms with Gasteiger partial charge in [0.25, 0.3) is 0 Å². The van der Waals surface area contributed by atoms with Gasteiger partial charge in [-0.3, -0.25) is 0 Å². The zero-order valence-corrected chi connectivity index (χ0v) is 7.47. The minimum Gasteiger partial charge on any atom is -0.330 e. The molecule has 1 unspecified atom stereocenters. The van der Waals surface area contributed by atoms with E-state index >= 15 is 0 Å². The number of nitrogens with two attached hydrogens (primary N) is 1. The third-order valence-corrected chi connectivity index (χ3v) is 2.56. The van der Waals surface area contributed by atoms with Crippen molar-refractivity contribution in [1.82, 2.24) is 0 Å². The molecule has 1 heteroatoms. The summed E-state index contributed by atoms with van der Waals surface area (Å²) < 4.78 is 0. The van der Waals surface area contributed by atoms with Gasteiger partial charge in [-0.1, -0.05) is 25.0 Å². The van der Waals surface area contributed by atoms with Crippen molar-refractivity contribution in [2.45, 2.75) is 39.0 Å². The minimum absolute atomic E-state index is 0.802. The van der Waals surface area contributed by atoms with Crippen LogP contribution in [0.15, 0.2) is 11.6 Å². The quantitative estimate of drug-likeness (QED) is 0.606. The first-order valence-electron chi connectivity index (χ1n) is 4.73. The molecular formula is C10H19N. The van der Waals surface area contributed by atoms with E-state index in [-0.39, 0.29) is 0 Å². The summed E-state index contributed by atoms with van der Waals surface area (Å²) in [6.45, 7) is 3.14. The van der Waals surface area contributed by atoms with E-state index in [4.69, 9.17) is 5.73 Å². The Labute approximate surface area is 69.7 Å². The van der Waals surface area contributed by atoms with Crippen LogP contribution in [0, 0.1) is 5.92 Å². The molecule has 0 aromatic rings. The van der Waals surface area contributed by atoms with E-state index < -0.39 is 0 Å². The maximum absolute atomic E-state index is 5.45. The highest BCUT2D eigenvalue weighted by molar-refractivity contribution is 5.07. The predicted molar refractivity (Wildman–Crippen MR) is 49.4 cm³/mol. The minimum atomic E-state index is 0.802. The topological polar surface area (TPSA) is 26.0 Å². The van der Waals surface area contributed by atoms with Crippen LogP contribution in [-0.4, -0.2) is 6.54 Å². The molecule has 1 atom stereocenters. The van der Waals surface area contributed by atoms with E-state index in [1.54, 1.807) is 5.57 Å². The Kier molecular flexibility index (Phi) is 3.64. The average molecular weight is 153 g/mol. The molecule has 0 amide bonds. The van der Waals surface area contributed by atoms with Crippen molar-refractivity contribution in [3.8, 4) is 0 Å². The Bertz CT molecular complexity index is 138. The second kappa shape index (κ2) is 4.55. The summed E-state index contributed by atoms with van der Waals surface area (Å²) in [6, 6.07) is 0. The van der Waals surface area contributed by atoms with Crippen molar-refractivity contribution < 1.29 is 0 Å². The van der Waals surface area contributed by atoms with Gasteiger partial charge in [-0.2, -0.15) is 0 Å². The molecule has 1 nitrogen and oxygen atoms in total. The van der Waals surface area contributed by atoms with Gasteiger partial charge in [0.2, 0.25) is 0 Å². The Morgan fingerprint density at radius 3 is 3.00 bits per heavy atom. The van der Waals surface area contributed by atoms with Gasteiger partial charge in [-0.25, -0.2) is 0 Å². The summed E-state index contributed by atoms with van der Waals surface area (Å²) >= 11 is 0. The second-order valence-electron chi connectivity index (χ2n) is 3.50. The smallest absolute Gasteiger partial charge is 0.00425 e. The summed E-state index contributed by atoms with van der Waals surface area (Å²) in [6.07, 6.45) is 8.93. The van der Waals surface area contributed by atoms with Gasteiger partial charge in [-0.15, -0.1) is 0 Å². The Morgan fingerprint density at radius 1 is 1.55 bits per heavy atom. The monoisotopic (exact) mass is 153 g/mol. The highest BCUT2D eigenvalue weighted by Gasteiger charge is 2.12. The molecule has 2 N–H and O–H groups in total. The number of allylic oxidation sites excluding steroid dienone is 1. The van der Waals surface area contributed by atoms with Crippen LogP contribution in [0.3, 0.4) is 0 Å². The van der Waals surface area contributed by atoms with Crippen LogP contribution >= 0.6 is 0 Å². The summed E-state index contributed by atoms with van der Waals surface area (Å²) in [5.41, 5.74) is 7.10. The highest BCUT2D eigenvalue weighted by Crippen LogP contribution is 2.28. The third-order valence-electron chi connectivity index (χ3n) is 2.56. The molecule has 0 aliphatic heterocycles. The fourth-order valence-corrected chi connectivity index (χ4v) is 1.78. The van der Waals surface area contributed by atoms with Gasteiger partial charge < -0.3 is 5.73 Å². The van der Waals surface area contributed by atoms with E-state index in [9.17, 15) is 0 Å². The summed E-state index contributed by atoms with van der Waals surface area (Å²) in [4.78, 5) is 0. The first-order valence-corrected chi connectivity index (χ1v) is 4.73. The zero-order chi connectivity index (χ0) is 8.10. The summed E-state index contributed by atoms with van der Waals surface area (Å²) in [5.74, 6) is 0.829. The standard InChI is InChI=1S/C10H19N/c1-9-5-2-3-6-10(9)7-4-8-11/h7,9H,2-6,8,11H2,1H3/b10-7+. The van der Waals surface area contributed by atoms with Gasteiger partial charge >= 0.3 is 0 Å². The van der Waals surface area contributed by atoms with Crippen LogP contribution in [0.1, 0.15) is 39.0 Å². The maximum Gasteiger partial charge on any atom is -0.00425 e. The molecule has 11 heavy (non-hydrogen) atoms. The van der Waals surface area contributed by atoms with E-state index in [1.165, 1.54) is 25.7 Å². The lowest BCUT2D eigenvalue weighted by Gasteiger charge is -2.21. The number of hydrogen-bond donors (Lipinski definition) is 1. The zero-order valence-electron chi connectivity index (χ0n) is 7.47. The normalized spacial score (nSPS) is 29.3. The van der Waals surface area contributed by atoms with Gasteiger partial charge in [0.15, 0.2) is 0 Å². The van der Waals surface area contributed by atoms with Crippen molar-refractivity contribution in [2.24, 2.45) is 11.7 Å². The maximum atomic E-state index is 5.45. The Hall–Kier alpha value is -0.300. The fraction of sp³-hybridized carbons (Fsp3) is 0.800. The average Bonchev–Trinajstić information content (AvgIpc) is 2.03. The summed E-state index contributed by atoms with van der Waals surface area (Å²) in [7, 11) is 0. The molecule has 1 aliphatic carbocycles. The molecule has 0 saturated heterocycles. The first-order chi connectivity index (χ1) is 5.34. The molecule has 0 bridgehead atoms. The van der Waals surface area contributed by atoms with Crippen LogP contribution in [0.5, 0.6) is 0 Å². The van der Waals surface area contributed by atoms with Gasteiger partial charge in [-0.05, 0) is 38.1 Å². The number of rotatable bonds is 2. The van der Waals surface area contributed by atoms with Crippen LogP contribution in [0.4, 0.5) is 0 Å². The molecule has 0 spiro atoms. The highest BCUT2D eigenvalue weighted by atomic mass is 14.5. The molecule has 0 heterocycles. The molecule has 1 saturated carbocycles. The molecule has 1 fully saturated rings. The third kappa shape index (κ3) is 2.66. The summed E-state index contributed by atoms with van der Waals surface area (Å²) in [5, 5.41) is 0. The van der Waals surface area contributed by atoms with Crippen molar-refractivity contribution in [1.29, 1.82) is 0 Å². The molecule has 1 rings (SSSR count). The van der Waals surface area contributed by atoms with Crippen molar-refractivity contribution in [2.75, 3.05) is 6.54 Å². The van der Waals surface area contributed by atoms with E-state index in [0.717, 1.165) is 18.9 Å². The molecule has 0 radical (unpaired) electrons. The lowest BCUT2D eigenvalue weighted by Crippen LogP contribution is -2.07. The van der Waals surface area contributed by atoms with Gasteiger partial charge in [0.1, 0.15) is 0 Å². The van der Waals surface area contributed by atoms with Crippen molar-refractivity contribution in [3.63, 3.8) is 0 Å². The Balaban J connectivity index is 2.40. The molecule has 64 valence electrons. The van der Waals surface area contributed by atoms with Gasteiger partial charge in [0, 0.05) is 0 Å². The molecular weight excluding hydrogens is 134 g/mol. The van der Waals surface area contributed by atoms with Crippen LogP contribution < -0.4 is 5.73 Å². The number of hydrogen-bond acceptors (Lipinski definition) is 1. The lowest BCUT2D eigenvalue weighted by atomic mass is 9.85. The van der Waals surface area contributed by atoms with Crippen molar-refractivity contribution >= 4 is 0 Å². The molecule has 0 aromatic carbocycles. The van der Waals surface area contributed by atoms with Crippen LogP contribution in [0.25, 0.3) is 0 Å². The predicted octanol–water partition coefficient (Wildman–Crippen LogP) is 2.47. The first kappa shape index (κ1) is 8.79. The second-order valence-corrected chi connectivity index (χ2v) is 3.50. The molecule has 0 aromatic heterocycles. The van der Waals surface area contributed by atoms with E-state index in [0.29, 0.717) is 0 Å². The van der Waals surface area contributed by atoms with E-state index in [2.05, 4.69) is 13.0 Å².